The Morgan fingerprint density at radius 2 is 2.22 bits per heavy atom. The van der Waals surface area contributed by atoms with E-state index in [0.717, 1.165) is 22.4 Å². The molecule has 0 radical (unpaired) electrons. The van der Waals surface area contributed by atoms with Gasteiger partial charge in [-0.1, -0.05) is 42.2 Å². The number of aromatic nitrogens is 2. The lowest BCUT2D eigenvalue weighted by Gasteiger charge is -2.11. The Balaban J connectivity index is 1.95. The van der Waals surface area contributed by atoms with Crippen LogP contribution in [0, 0.1) is 11.3 Å². The fraction of sp³-hybridized carbons (Fsp3) is 0.333. The summed E-state index contributed by atoms with van der Waals surface area (Å²) in [5.74, 6) is -0.170. The Morgan fingerprint density at radius 1 is 1.43 bits per heavy atom. The van der Waals surface area contributed by atoms with Gasteiger partial charge in [0, 0.05) is 6.54 Å². The average molecular weight is 347 g/mol. The average Bonchev–Trinajstić information content (AvgIpc) is 3.00. The molecule has 0 aliphatic rings. The second-order valence-corrected chi connectivity index (χ2v) is 7.27. The van der Waals surface area contributed by atoms with E-state index in [9.17, 15) is 4.79 Å². The molecule has 0 unspecified atom stereocenters. The third-order valence-corrected chi connectivity index (χ3v) is 4.95. The lowest BCUT2D eigenvalue weighted by atomic mass is 10.2. The number of anilines is 2. The van der Waals surface area contributed by atoms with E-state index in [4.69, 9.17) is 5.26 Å². The van der Waals surface area contributed by atoms with Crippen molar-refractivity contribution in [3.8, 4) is 6.07 Å². The maximum Gasteiger partial charge on any atom is 0.237 e. The molecule has 120 valence electrons. The number of nitrogens with one attached hydrogen (secondary N) is 2. The topological polar surface area (TPSA) is 90.7 Å². The minimum Gasteiger partial charge on any atom is -0.360 e. The second kappa shape index (κ2) is 8.50. The van der Waals surface area contributed by atoms with Gasteiger partial charge in [-0.05, 0) is 25.5 Å². The van der Waals surface area contributed by atoms with Crippen LogP contribution in [0.5, 0.6) is 0 Å². The number of carbonyl (C=O) groups is 1. The molecule has 0 saturated heterocycles. The first-order chi connectivity index (χ1) is 11.1. The van der Waals surface area contributed by atoms with E-state index in [1.165, 1.54) is 23.1 Å². The first-order valence-electron chi connectivity index (χ1n) is 7.18. The fourth-order valence-electron chi connectivity index (χ4n) is 1.69. The van der Waals surface area contributed by atoms with Gasteiger partial charge in [-0.3, -0.25) is 4.79 Å². The van der Waals surface area contributed by atoms with Crippen LogP contribution in [0.1, 0.15) is 25.8 Å². The van der Waals surface area contributed by atoms with Crippen molar-refractivity contribution in [3.63, 3.8) is 0 Å². The molecule has 2 aromatic rings. The van der Waals surface area contributed by atoms with Crippen LogP contribution in [-0.4, -0.2) is 27.9 Å². The molecule has 2 N–H and O–H groups in total. The molecule has 0 fully saturated rings. The highest BCUT2D eigenvalue weighted by atomic mass is 32.2. The lowest BCUT2D eigenvalue weighted by molar-refractivity contribution is -0.115. The first-order valence-corrected chi connectivity index (χ1v) is 8.87. The SMILES string of the molecule is CCCNc1nnc(S[C@@H](C)C(=O)Nc2ccccc2C#N)s1. The predicted molar refractivity (Wildman–Crippen MR) is 93.8 cm³/mol. The lowest BCUT2D eigenvalue weighted by Crippen LogP contribution is -2.22. The van der Waals surface area contributed by atoms with E-state index in [1.54, 1.807) is 31.2 Å². The Kier molecular flexibility index (Phi) is 6.38. The van der Waals surface area contributed by atoms with Gasteiger partial charge in [-0.2, -0.15) is 5.26 Å². The number of carbonyl (C=O) groups excluding carboxylic acids is 1. The molecular formula is C15H17N5OS2. The summed E-state index contributed by atoms with van der Waals surface area (Å²) in [6, 6.07) is 8.99. The summed E-state index contributed by atoms with van der Waals surface area (Å²) in [5, 5.41) is 23.5. The molecule has 2 rings (SSSR count). The molecule has 0 aliphatic carbocycles. The quantitative estimate of drug-likeness (QED) is 0.746. The van der Waals surface area contributed by atoms with Crippen molar-refractivity contribution >= 4 is 39.8 Å². The molecule has 23 heavy (non-hydrogen) atoms. The molecule has 8 heteroatoms. The smallest absolute Gasteiger partial charge is 0.237 e. The van der Waals surface area contributed by atoms with Gasteiger partial charge in [0.1, 0.15) is 6.07 Å². The van der Waals surface area contributed by atoms with Crippen LogP contribution in [0.4, 0.5) is 10.8 Å². The van der Waals surface area contributed by atoms with Gasteiger partial charge in [0.05, 0.1) is 16.5 Å². The van der Waals surface area contributed by atoms with Crippen LogP contribution in [0.25, 0.3) is 0 Å². The molecular weight excluding hydrogens is 330 g/mol. The van der Waals surface area contributed by atoms with Crippen LogP contribution in [0.3, 0.4) is 0 Å². The van der Waals surface area contributed by atoms with Crippen LogP contribution in [0.2, 0.25) is 0 Å². The van der Waals surface area contributed by atoms with E-state index in [1.807, 2.05) is 0 Å². The molecule has 0 aliphatic heterocycles. The minimum atomic E-state index is -0.339. The van der Waals surface area contributed by atoms with Crippen molar-refractivity contribution in [1.29, 1.82) is 5.26 Å². The number of nitriles is 1. The number of rotatable bonds is 7. The number of hydrogen-bond donors (Lipinski definition) is 2. The monoisotopic (exact) mass is 347 g/mol. The first kappa shape index (κ1) is 17.2. The normalized spacial score (nSPS) is 11.5. The molecule has 1 aromatic carbocycles. The van der Waals surface area contributed by atoms with Gasteiger partial charge >= 0.3 is 0 Å². The van der Waals surface area contributed by atoms with Crippen molar-refractivity contribution in [2.24, 2.45) is 0 Å². The highest BCUT2D eigenvalue weighted by Crippen LogP contribution is 2.29. The van der Waals surface area contributed by atoms with E-state index in [-0.39, 0.29) is 11.2 Å². The van der Waals surface area contributed by atoms with Gasteiger partial charge in [-0.15, -0.1) is 10.2 Å². The number of para-hydroxylation sites is 1. The highest BCUT2D eigenvalue weighted by molar-refractivity contribution is 8.02. The predicted octanol–water partition coefficient (Wildman–Crippen LogP) is 3.35. The summed E-state index contributed by atoms with van der Waals surface area (Å²) in [6.07, 6.45) is 1.01. The standard InChI is InChI=1S/C15H17N5OS2/c1-3-8-17-14-19-20-15(23-14)22-10(2)13(21)18-12-7-5-4-6-11(12)9-16/h4-7,10H,3,8H2,1-2H3,(H,17,19)(H,18,21)/t10-/m0/s1. The van der Waals surface area contributed by atoms with E-state index < -0.39 is 0 Å². The van der Waals surface area contributed by atoms with Gasteiger partial charge in [-0.25, -0.2) is 0 Å². The highest BCUT2D eigenvalue weighted by Gasteiger charge is 2.18. The molecule has 0 bridgehead atoms. The number of thioether (sulfide) groups is 1. The van der Waals surface area contributed by atoms with Crippen LogP contribution < -0.4 is 10.6 Å². The number of amides is 1. The molecule has 0 saturated carbocycles. The number of benzene rings is 1. The van der Waals surface area contributed by atoms with Crippen molar-refractivity contribution in [1.82, 2.24) is 10.2 Å². The minimum absolute atomic E-state index is 0.170. The molecule has 1 amide bonds. The third-order valence-electron chi connectivity index (χ3n) is 2.88. The molecule has 1 aromatic heterocycles. The summed E-state index contributed by atoms with van der Waals surface area (Å²) >= 11 is 2.78. The summed E-state index contributed by atoms with van der Waals surface area (Å²) in [6.45, 7) is 4.73. The molecule has 1 atom stereocenters. The van der Waals surface area contributed by atoms with Gasteiger partial charge in [0.2, 0.25) is 11.0 Å². The van der Waals surface area contributed by atoms with Crippen LogP contribution >= 0.6 is 23.1 Å². The van der Waals surface area contributed by atoms with E-state index >= 15 is 0 Å². The van der Waals surface area contributed by atoms with Gasteiger partial charge in [0.15, 0.2) is 4.34 Å². The van der Waals surface area contributed by atoms with Crippen molar-refractivity contribution in [2.75, 3.05) is 17.2 Å². The van der Waals surface area contributed by atoms with Crippen molar-refractivity contribution in [2.45, 2.75) is 29.9 Å². The Hall–Kier alpha value is -2.11. The number of nitrogens with zero attached hydrogens (tertiary/aromatic N) is 3. The second-order valence-electron chi connectivity index (χ2n) is 4.71. The maximum absolute atomic E-state index is 12.3. The van der Waals surface area contributed by atoms with E-state index in [0.29, 0.717) is 11.3 Å². The largest absolute Gasteiger partial charge is 0.360 e. The van der Waals surface area contributed by atoms with E-state index in [2.05, 4.69) is 33.8 Å². The summed E-state index contributed by atoms with van der Waals surface area (Å²) in [4.78, 5) is 12.3. The Bertz CT molecular complexity index is 710. The van der Waals surface area contributed by atoms with Crippen LogP contribution in [-0.2, 0) is 4.79 Å². The number of hydrogen-bond acceptors (Lipinski definition) is 7. The summed E-state index contributed by atoms with van der Waals surface area (Å²) in [5.41, 5.74) is 0.968. The van der Waals surface area contributed by atoms with Gasteiger partial charge in [0.25, 0.3) is 0 Å². The summed E-state index contributed by atoms with van der Waals surface area (Å²) < 4.78 is 0.736. The maximum atomic E-state index is 12.3. The molecule has 0 spiro atoms. The zero-order chi connectivity index (χ0) is 16.7. The molecule has 6 nitrogen and oxygen atoms in total. The zero-order valence-electron chi connectivity index (χ0n) is 12.9. The zero-order valence-corrected chi connectivity index (χ0v) is 14.5. The fourth-order valence-corrected chi connectivity index (χ4v) is 3.61. The summed E-state index contributed by atoms with van der Waals surface area (Å²) in [7, 11) is 0. The Labute approximate surface area is 143 Å². The van der Waals surface area contributed by atoms with Crippen LogP contribution in [0.15, 0.2) is 28.6 Å². The van der Waals surface area contributed by atoms with Crippen molar-refractivity contribution < 1.29 is 4.79 Å². The molecule has 1 heterocycles. The Morgan fingerprint density at radius 3 is 2.96 bits per heavy atom. The van der Waals surface area contributed by atoms with Gasteiger partial charge < -0.3 is 10.6 Å². The van der Waals surface area contributed by atoms with Crippen molar-refractivity contribution in [3.05, 3.63) is 29.8 Å². The third kappa shape index (κ3) is 4.94.